The Morgan fingerprint density at radius 3 is 2.90 bits per heavy atom. The summed E-state index contributed by atoms with van der Waals surface area (Å²) in [5.41, 5.74) is 1.19. The van der Waals surface area contributed by atoms with E-state index in [9.17, 15) is 4.79 Å². The standard InChI is InChI=1S/C31H39N3O8/c1-18-10-11-24-20(3)28(39-29-31(24)23(18)12-13-30(4,40-29)41-42-31)36-14-6-8-21-16-34(33-32-21)17-37-25-15-26(35)38-27-19(2)7-5-9-22(25)27/h5,7,9,15-16,18,20,23-24,28-29H,6,8,10-14,17H2,1-4H3/t18-,20-,23+,24+,28+,29-,30-,31-/m1/s1. The molecule has 1 aliphatic carbocycles. The van der Waals surface area contributed by atoms with Crippen LogP contribution in [0.15, 0.2) is 39.7 Å². The van der Waals surface area contributed by atoms with E-state index in [4.69, 9.17) is 33.1 Å². The Morgan fingerprint density at radius 1 is 1.14 bits per heavy atom. The average molecular weight is 582 g/mol. The number of hydrogen-bond donors (Lipinski definition) is 0. The molecule has 42 heavy (non-hydrogen) atoms. The van der Waals surface area contributed by atoms with Crippen LogP contribution in [0.1, 0.15) is 64.1 Å². The lowest BCUT2D eigenvalue weighted by molar-refractivity contribution is -0.577. The molecule has 5 aliphatic rings. The van der Waals surface area contributed by atoms with Crippen molar-refractivity contribution in [3.63, 3.8) is 0 Å². The largest absolute Gasteiger partial charge is 0.470 e. The predicted molar refractivity (Wildman–Crippen MR) is 149 cm³/mol. The third-order valence-corrected chi connectivity index (χ3v) is 9.82. The lowest BCUT2D eigenvalue weighted by atomic mass is 9.58. The molecule has 226 valence electrons. The van der Waals surface area contributed by atoms with Crippen molar-refractivity contribution in [1.29, 1.82) is 0 Å². The fourth-order valence-electron chi connectivity index (χ4n) is 7.58. The summed E-state index contributed by atoms with van der Waals surface area (Å²) in [4.78, 5) is 24.1. The Morgan fingerprint density at radius 2 is 2.02 bits per heavy atom. The zero-order valence-electron chi connectivity index (χ0n) is 24.6. The molecule has 4 aliphatic heterocycles. The molecule has 11 heteroatoms. The minimum atomic E-state index is -0.794. The first kappa shape index (κ1) is 28.0. The van der Waals surface area contributed by atoms with Crippen LogP contribution in [0.3, 0.4) is 0 Å². The van der Waals surface area contributed by atoms with Gasteiger partial charge in [-0.05, 0) is 69.4 Å². The van der Waals surface area contributed by atoms with E-state index in [1.807, 2.05) is 38.2 Å². The molecular weight excluding hydrogens is 542 g/mol. The van der Waals surface area contributed by atoms with Crippen LogP contribution in [0.5, 0.6) is 5.75 Å². The second-order valence-electron chi connectivity index (χ2n) is 12.7. The van der Waals surface area contributed by atoms with Gasteiger partial charge in [-0.15, -0.1) is 5.10 Å². The van der Waals surface area contributed by atoms with E-state index < -0.39 is 23.3 Å². The Hall–Kier alpha value is -2.83. The van der Waals surface area contributed by atoms with Crippen LogP contribution in [0.25, 0.3) is 11.0 Å². The highest BCUT2D eigenvalue weighted by atomic mass is 17.3. The topological polar surface area (TPSA) is 116 Å². The second kappa shape index (κ2) is 10.7. The first-order valence-electron chi connectivity index (χ1n) is 15.1. The molecule has 4 saturated heterocycles. The van der Waals surface area contributed by atoms with Gasteiger partial charge in [-0.1, -0.05) is 31.2 Å². The molecule has 3 aromatic rings. The lowest BCUT2D eigenvalue weighted by Gasteiger charge is -2.60. The van der Waals surface area contributed by atoms with Gasteiger partial charge in [-0.2, -0.15) is 0 Å². The summed E-state index contributed by atoms with van der Waals surface area (Å²) >= 11 is 0. The van der Waals surface area contributed by atoms with Crippen LogP contribution in [0.2, 0.25) is 0 Å². The minimum Gasteiger partial charge on any atom is -0.470 e. The Kier molecular flexibility index (Phi) is 7.13. The van der Waals surface area contributed by atoms with Crippen molar-refractivity contribution in [1.82, 2.24) is 15.0 Å². The van der Waals surface area contributed by atoms with Gasteiger partial charge < -0.3 is 23.4 Å². The fourth-order valence-corrected chi connectivity index (χ4v) is 7.58. The summed E-state index contributed by atoms with van der Waals surface area (Å²) < 4.78 is 32.1. The third-order valence-electron chi connectivity index (χ3n) is 9.82. The van der Waals surface area contributed by atoms with Crippen molar-refractivity contribution in [2.24, 2.45) is 23.7 Å². The number of ether oxygens (including phenoxy) is 4. The maximum absolute atomic E-state index is 12.0. The molecule has 0 radical (unpaired) electrons. The molecule has 0 N–H and O–H groups in total. The number of fused-ring (bicyclic) bond motifs is 3. The van der Waals surface area contributed by atoms with Gasteiger partial charge in [0.05, 0.1) is 30.0 Å². The van der Waals surface area contributed by atoms with Crippen molar-refractivity contribution in [2.75, 3.05) is 6.61 Å². The van der Waals surface area contributed by atoms with E-state index in [1.165, 1.54) is 6.07 Å². The van der Waals surface area contributed by atoms with Crippen molar-refractivity contribution >= 4 is 11.0 Å². The van der Waals surface area contributed by atoms with Crippen molar-refractivity contribution in [2.45, 2.75) is 96.9 Å². The SMILES string of the molecule is Cc1cccc2c(OCn3cc(CCCO[C@H]4O[C@@H]5O[C@@]6(C)CC[C@H]7[C@H](C)CC[C@@H]([C@H]4C)[C@@]57OO6)nn3)cc(=O)oc12. The second-order valence-corrected chi connectivity index (χ2v) is 12.7. The summed E-state index contributed by atoms with van der Waals surface area (Å²) in [5.74, 6) is 0.903. The van der Waals surface area contributed by atoms with Crippen molar-refractivity contribution < 1.29 is 33.1 Å². The molecule has 8 rings (SSSR count). The third kappa shape index (κ3) is 4.75. The number of aryl methyl sites for hydroxylation is 2. The lowest BCUT2D eigenvalue weighted by Crippen LogP contribution is -2.70. The van der Waals surface area contributed by atoms with Gasteiger partial charge in [0, 0.05) is 18.3 Å². The van der Waals surface area contributed by atoms with E-state index in [2.05, 4.69) is 24.2 Å². The fraction of sp³-hybridized carbons (Fsp3) is 0.645. The number of benzene rings is 1. The Labute approximate surface area is 244 Å². The van der Waals surface area contributed by atoms with E-state index in [1.54, 1.807) is 4.68 Å². The summed E-state index contributed by atoms with van der Waals surface area (Å²) in [5, 5.41) is 9.21. The smallest absolute Gasteiger partial charge is 0.339 e. The van der Waals surface area contributed by atoms with Crippen molar-refractivity contribution in [3.05, 3.63) is 52.1 Å². The maximum atomic E-state index is 12.0. The number of nitrogens with zero attached hydrogens (tertiary/aromatic N) is 3. The van der Waals surface area contributed by atoms with Gasteiger partial charge in [0.1, 0.15) is 11.3 Å². The van der Waals surface area contributed by atoms with E-state index >= 15 is 0 Å². The zero-order valence-corrected chi connectivity index (χ0v) is 24.6. The molecule has 1 aromatic carbocycles. The molecule has 6 heterocycles. The molecule has 1 spiro atoms. The number of aromatic nitrogens is 3. The predicted octanol–water partition coefficient (Wildman–Crippen LogP) is 4.89. The van der Waals surface area contributed by atoms with Gasteiger partial charge in [0.2, 0.25) is 5.79 Å². The molecule has 2 aromatic heterocycles. The van der Waals surface area contributed by atoms with Gasteiger partial charge in [0.15, 0.2) is 24.9 Å². The monoisotopic (exact) mass is 581 g/mol. The van der Waals surface area contributed by atoms with Crippen LogP contribution in [0.4, 0.5) is 0 Å². The minimum absolute atomic E-state index is 0.123. The highest BCUT2D eigenvalue weighted by Crippen LogP contribution is 2.60. The van der Waals surface area contributed by atoms with Gasteiger partial charge in [0.25, 0.3) is 0 Å². The van der Waals surface area contributed by atoms with Crippen LogP contribution in [-0.4, -0.2) is 45.6 Å². The van der Waals surface area contributed by atoms with Crippen LogP contribution in [-0.2, 0) is 37.1 Å². The molecular formula is C31H39N3O8. The average Bonchev–Trinajstić information content (AvgIpc) is 3.30. The molecule has 0 unspecified atom stereocenters. The van der Waals surface area contributed by atoms with Gasteiger partial charge in [-0.25, -0.2) is 19.3 Å². The summed E-state index contributed by atoms with van der Waals surface area (Å²) in [6.07, 6.45) is 6.42. The van der Waals surface area contributed by atoms with Crippen LogP contribution >= 0.6 is 0 Å². The molecule has 8 atom stereocenters. The Bertz CT molecular complexity index is 1510. The summed E-state index contributed by atoms with van der Waals surface area (Å²) in [7, 11) is 0. The zero-order chi connectivity index (χ0) is 29.1. The van der Waals surface area contributed by atoms with E-state index in [0.29, 0.717) is 36.2 Å². The van der Waals surface area contributed by atoms with Crippen molar-refractivity contribution in [3.8, 4) is 5.75 Å². The molecule has 0 amide bonds. The number of hydrogen-bond acceptors (Lipinski definition) is 10. The highest BCUT2D eigenvalue weighted by molar-refractivity contribution is 5.85. The highest BCUT2D eigenvalue weighted by Gasteiger charge is 2.69. The molecule has 11 nitrogen and oxygen atoms in total. The quantitative estimate of drug-likeness (QED) is 0.207. The normalized spacial score (nSPS) is 35.6. The van der Waals surface area contributed by atoms with E-state index in [0.717, 1.165) is 48.7 Å². The number of rotatable bonds is 8. The Balaban J connectivity index is 0.947. The summed E-state index contributed by atoms with van der Waals surface area (Å²) in [6.45, 7) is 8.98. The number of para-hydroxylation sites is 1. The van der Waals surface area contributed by atoms with Crippen LogP contribution in [0, 0.1) is 30.6 Å². The molecule has 1 saturated carbocycles. The molecule has 2 bridgehead atoms. The maximum Gasteiger partial charge on any atom is 0.339 e. The van der Waals surface area contributed by atoms with E-state index in [-0.39, 0.29) is 24.9 Å². The van der Waals surface area contributed by atoms with Gasteiger partial charge >= 0.3 is 5.63 Å². The summed E-state index contributed by atoms with van der Waals surface area (Å²) in [6, 6.07) is 7.01. The van der Waals surface area contributed by atoms with Crippen LogP contribution < -0.4 is 10.4 Å². The molecule has 5 fully saturated rings. The first-order chi connectivity index (χ1) is 20.3. The van der Waals surface area contributed by atoms with Gasteiger partial charge in [-0.3, -0.25) is 0 Å². The first-order valence-corrected chi connectivity index (χ1v) is 15.1.